The Hall–Kier alpha value is -2.23. The molecular formula is C13H10O4. The molecule has 4 heteroatoms. The Bertz CT molecular complexity index is 513. The number of benzene rings is 1. The van der Waals surface area contributed by atoms with Crippen molar-refractivity contribution in [1.29, 1.82) is 0 Å². The normalized spacial score (nSPS) is 21.7. The van der Waals surface area contributed by atoms with Crippen molar-refractivity contribution in [3.05, 3.63) is 41.7 Å². The Morgan fingerprint density at radius 3 is 2.41 bits per heavy atom. The van der Waals surface area contributed by atoms with Gasteiger partial charge in [-0.25, -0.2) is 0 Å². The molecule has 0 bridgehead atoms. The molecule has 1 heterocycles. The molecule has 1 aliphatic rings. The lowest BCUT2D eigenvalue weighted by molar-refractivity contribution is -0.143. The largest absolute Gasteiger partial charge is 0.422 e. The lowest BCUT2D eigenvalue weighted by Gasteiger charge is -1.95. The van der Waals surface area contributed by atoms with Gasteiger partial charge >= 0.3 is 5.97 Å². The van der Waals surface area contributed by atoms with E-state index >= 15 is 0 Å². The van der Waals surface area contributed by atoms with Gasteiger partial charge in [-0.2, -0.15) is 0 Å². The smallest absolute Gasteiger partial charge is 0.330 e. The summed E-state index contributed by atoms with van der Waals surface area (Å²) >= 11 is 0. The summed E-state index contributed by atoms with van der Waals surface area (Å²) in [4.78, 5) is 34.2. The first-order valence-electron chi connectivity index (χ1n) is 5.12. The zero-order valence-corrected chi connectivity index (χ0v) is 9.17. The summed E-state index contributed by atoms with van der Waals surface area (Å²) in [5.41, 5.74) is 0.743. The highest BCUT2D eigenvalue weighted by molar-refractivity contribution is 6.26. The van der Waals surface area contributed by atoms with Crippen molar-refractivity contribution in [1.82, 2.24) is 0 Å². The predicted molar refractivity (Wildman–Crippen MR) is 59.7 cm³/mol. The molecule has 4 nitrogen and oxygen atoms in total. The molecule has 1 saturated heterocycles. The zero-order chi connectivity index (χ0) is 12.4. The first-order valence-corrected chi connectivity index (χ1v) is 5.12. The van der Waals surface area contributed by atoms with Gasteiger partial charge in [-0.1, -0.05) is 30.3 Å². The van der Waals surface area contributed by atoms with Crippen LogP contribution in [-0.4, -0.2) is 17.5 Å². The monoisotopic (exact) mass is 230 g/mol. The van der Waals surface area contributed by atoms with Crippen LogP contribution in [0.25, 0.3) is 6.08 Å². The number of allylic oxidation sites excluding steroid dienone is 1. The van der Waals surface area contributed by atoms with Crippen molar-refractivity contribution in [2.75, 3.05) is 0 Å². The maximum Gasteiger partial charge on any atom is 0.330 e. The van der Waals surface area contributed by atoms with Crippen LogP contribution in [0.3, 0.4) is 0 Å². The highest BCUT2D eigenvalue weighted by Gasteiger charge is 2.43. The van der Waals surface area contributed by atoms with Crippen molar-refractivity contribution in [2.24, 2.45) is 5.92 Å². The molecule has 1 unspecified atom stereocenters. The second kappa shape index (κ2) is 4.33. The van der Waals surface area contributed by atoms with E-state index in [9.17, 15) is 14.4 Å². The second-order valence-electron chi connectivity index (χ2n) is 3.75. The molecule has 0 N–H and O–H groups in total. The van der Waals surface area contributed by atoms with Crippen molar-refractivity contribution in [3.8, 4) is 0 Å². The van der Waals surface area contributed by atoms with Crippen LogP contribution in [0.5, 0.6) is 0 Å². The molecule has 0 amide bonds. The minimum absolute atomic E-state index is 0.0681. The third kappa shape index (κ3) is 2.15. The van der Waals surface area contributed by atoms with Gasteiger partial charge in [0.25, 0.3) is 0 Å². The van der Waals surface area contributed by atoms with E-state index in [4.69, 9.17) is 4.74 Å². The molecule has 1 aromatic carbocycles. The lowest BCUT2D eigenvalue weighted by Crippen LogP contribution is -2.22. The third-order valence-electron chi connectivity index (χ3n) is 2.46. The van der Waals surface area contributed by atoms with Gasteiger partial charge < -0.3 is 4.74 Å². The highest BCUT2D eigenvalue weighted by Crippen LogP contribution is 2.23. The summed E-state index contributed by atoms with van der Waals surface area (Å²) < 4.78 is 4.80. The molecule has 0 radical (unpaired) electrons. The lowest BCUT2D eigenvalue weighted by atomic mass is 10.0. The molecule has 0 spiro atoms. The van der Waals surface area contributed by atoms with Crippen LogP contribution in [0, 0.1) is 5.92 Å². The fourth-order valence-corrected chi connectivity index (χ4v) is 1.62. The average Bonchev–Trinajstić information content (AvgIpc) is 2.55. The number of rotatable bonds is 2. The van der Waals surface area contributed by atoms with E-state index in [1.54, 1.807) is 24.3 Å². The standard InChI is InChI=1S/C13H10O4/c1-8(14)11-12(15)10(17-13(11)16)7-9-5-3-2-4-6-9/h2-7,11H,1H3/b10-7+. The maximum absolute atomic E-state index is 11.7. The van der Waals surface area contributed by atoms with Gasteiger partial charge in [-0.15, -0.1) is 0 Å². The first kappa shape index (κ1) is 11.3. The van der Waals surface area contributed by atoms with E-state index in [1.165, 1.54) is 13.0 Å². The van der Waals surface area contributed by atoms with E-state index in [0.717, 1.165) is 5.56 Å². The number of ketones is 2. The van der Waals surface area contributed by atoms with Crippen LogP contribution in [0.1, 0.15) is 12.5 Å². The number of hydrogen-bond acceptors (Lipinski definition) is 4. The van der Waals surface area contributed by atoms with Gasteiger partial charge in [0.1, 0.15) is 0 Å². The van der Waals surface area contributed by atoms with Gasteiger partial charge in [0.15, 0.2) is 17.5 Å². The van der Waals surface area contributed by atoms with E-state index in [1.807, 2.05) is 6.07 Å². The van der Waals surface area contributed by atoms with Crippen LogP contribution in [0.2, 0.25) is 0 Å². The van der Waals surface area contributed by atoms with Gasteiger partial charge in [0.2, 0.25) is 5.78 Å². The number of Topliss-reactive ketones (excluding diaryl/α,β-unsaturated/α-hetero) is 2. The fourth-order valence-electron chi connectivity index (χ4n) is 1.62. The summed E-state index contributed by atoms with van der Waals surface area (Å²) in [7, 11) is 0. The molecule has 1 fully saturated rings. The van der Waals surface area contributed by atoms with Crippen LogP contribution in [-0.2, 0) is 19.1 Å². The number of esters is 1. The van der Waals surface area contributed by atoms with Gasteiger partial charge in [0.05, 0.1) is 0 Å². The van der Waals surface area contributed by atoms with Gasteiger partial charge in [-0.3, -0.25) is 14.4 Å². The predicted octanol–water partition coefficient (Wildman–Crippen LogP) is 1.36. The summed E-state index contributed by atoms with van der Waals surface area (Å²) in [5.74, 6) is -3.20. The molecule has 2 rings (SSSR count). The minimum Gasteiger partial charge on any atom is -0.422 e. The molecule has 1 aliphatic heterocycles. The average molecular weight is 230 g/mol. The maximum atomic E-state index is 11.7. The molecule has 1 atom stereocenters. The Morgan fingerprint density at radius 2 is 1.88 bits per heavy atom. The summed E-state index contributed by atoms with van der Waals surface area (Å²) in [5, 5.41) is 0. The topological polar surface area (TPSA) is 60.4 Å². The fraction of sp³-hybridized carbons (Fsp3) is 0.154. The molecule has 17 heavy (non-hydrogen) atoms. The third-order valence-corrected chi connectivity index (χ3v) is 2.46. The number of hydrogen-bond donors (Lipinski definition) is 0. The molecule has 0 saturated carbocycles. The van der Waals surface area contributed by atoms with E-state index in [0.29, 0.717) is 0 Å². The number of carbonyl (C=O) groups excluding carboxylic acids is 3. The van der Waals surface area contributed by atoms with Crippen LogP contribution < -0.4 is 0 Å². The Labute approximate surface area is 97.9 Å². The first-order chi connectivity index (χ1) is 8.09. The number of carbonyl (C=O) groups is 3. The van der Waals surface area contributed by atoms with Crippen molar-refractivity contribution >= 4 is 23.6 Å². The van der Waals surface area contributed by atoms with Gasteiger partial charge in [-0.05, 0) is 18.6 Å². The Morgan fingerprint density at radius 1 is 1.24 bits per heavy atom. The molecule has 0 aromatic heterocycles. The van der Waals surface area contributed by atoms with E-state index in [2.05, 4.69) is 0 Å². The number of cyclic esters (lactones) is 1. The van der Waals surface area contributed by atoms with Crippen LogP contribution in [0.15, 0.2) is 36.1 Å². The second-order valence-corrected chi connectivity index (χ2v) is 3.75. The Balaban J connectivity index is 2.31. The minimum atomic E-state index is -1.29. The van der Waals surface area contributed by atoms with Crippen LogP contribution in [0.4, 0.5) is 0 Å². The van der Waals surface area contributed by atoms with E-state index < -0.39 is 23.5 Å². The quantitative estimate of drug-likeness (QED) is 0.437. The summed E-state index contributed by atoms with van der Waals surface area (Å²) in [6.07, 6.45) is 1.46. The highest BCUT2D eigenvalue weighted by atomic mass is 16.6. The molecule has 0 aliphatic carbocycles. The molecular weight excluding hydrogens is 220 g/mol. The van der Waals surface area contributed by atoms with Gasteiger partial charge in [0, 0.05) is 0 Å². The SMILES string of the molecule is CC(=O)C1C(=O)O/C(=C/c2ccccc2)C1=O. The zero-order valence-electron chi connectivity index (χ0n) is 9.17. The van der Waals surface area contributed by atoms with Crippen molar-refractivity contribution in [2.45, 2.75) is 6.92 Å². The number of ether oxygens (including phenoxy) is 1. The van der Waals surface area contributed by atoms with Crippen molar-refractivity contribution < 1.29 is 19.1 Å². The Kier molecular flexibility index (Phi) is 2.87. The summed E-state index contributed by atoms with van der Waals surface area (Å²) in [6, 6.07) is 8.99. The summed E-state index contributed by atoms with van der Waals surface area (Å²) in [6.45, 7) is 1.20. The van der Waals surface area contributed by atoms with Crippen molar-refractivity contribution in [3.63, 3.8) is 0 Å². The molecule has 1 aromatic rings. The van der Waals surface area contributed by atoms with Crippen LogP contribution >= 0.6 is 0 Å². The molecule has 86 valence electrons. The van der Waals surface area contributed by atoms with E-state index in [-0.39, 0.29) is 5.76 Å².